The second kappa shape index (κ2) is 4.27. The molecule has 0 bridgehead atoms. The van der Waals surface area contributed by atoms with Gasteiger partial charge in [0, 0.05) is 5.18 Å². The Hall–Kier alpha value is -0.810. The third-order valence-electron chi connectivity index (χ3n) is 1.27. The van der Waals surface area contributed by atoms with Crippen LogP contribution in [-0.4, -0.2) is 49.3 Å². The predicted octanol–water partition coefficient (Wildman–Crippen LogP) is -0.263. The lowest BCUT2D eigenvalue weighted by atomic mass is 10.2. The van der Waals surface area contributed by atoms with Crippen LogP contribution in [-0.2, 0) is 4.79 Å². The summed E-state index contributed by atoms with van der Waals surface area (Å²) in [5.41, 5.74) is 0. The van der Waals surface area contributed by atoms with E-state index in [2.05, 4.69) is 5.18 Å². The standard InChI is InChI=1S/C7H15N2O3/c1-9(2,3)5-6(10)4-7(11)8-12/h6,10H,4-5H2,1-3H3/q+1. The van der Waals surface area contributed by atoms with Gasteiger partial charge in [0.2, 0.25) is 0 Å². The van der Waals surface area contributed by atoms with Crippen molar-refractivity contribution in [3.63, 3.8) is 0 Å². The fourth-order valence-corrected chi connectivity index (χ4v) is 0.936. The highest BCUT2D eigenvalue weighted by Gasteiger charge is 2.18. The Bertz CT molecular complexity index is 174. The molecule has 0 heterocycles. The Morgan fingerprint density at radius 1 is 1.50 bits per heavy atom. The molecule has 0 saturated heterocycles. The number of nitrogens with zero attached hydrogens (tertiary/aromatic N) is 2. The number of hydrogen-bond donors (Lipinski definition) is 1. The SMILES string of the molecule is C[N+](C)(C)CC(O)CC(=O)N=O. The Balaban J connectivity index is 3.82. The molecule has 1 atom stereocenters. The van der Waals surface area contributed by atoms with Gasteiger partial charge in [-0.25, -0.2) is 0 Å². The number of hydrogen-bond acceptors (Lipinski definition) is 3. The number of carbonyl (C=O) groups is 1. The molecule has 0 rings (SSSR count). The summed E-state index contributed by atoms with van der Waals surface area (Å²) in [6, 6.07) is 0. The molecule has 0 aromatic rings. The lowest BCUT2D eigenvalue weighted by molar-refractivity contribution is -0.873. The van der Waals surface area contributed by atoms with E-state index in [4.69, 9.17) is 0 Å². The first kappa shape index (κ1) is 11.2. The predicted molar refractivity (Wildman–Crippen MR) is 44.3 cm³/mol. The van der Waals surface area contributed by atoms with Crippen LogP contribution in [0.1, 0.15) is 6.42 Å². The Kier molecular flexibility index (Phi) is 3.99. The summed E-state index contributed by atoms with van der Waals surface area (Å²) in [6.45, 7) is 0.432. The van der Waals surface area contributed by atoms with Gasteiger partial charge in [0.1, 0.15) is 12.6 Å². The minimum atomic E-state index is -0.795. The molecule has 1 unspecified atom stereocenters. The molecule has 5 nitrogen and oxygen atoms in total. The van der Waals surface area contributed by atoms with Crippen LogP contribution >= 0.6 is 0 Å². The normalized spacial score (nSPS) is 14.0. The van der Waals surface area contributed by atoms with Crippen LogP contribution in [0.25, 0.3) is 0 Å². The molecule has 0 spiro atoms. The van der Waals surface area contributed by atoms with E-state index in [0.717, 1.165) is 0 Å². The van der Waals surface area contributed by atoms with Crippen LogP contribution in [0.15, 0.2) is 5.18 Å². The zero-order valence-corrected chi connectivity index (χ0v) is 7.65. The van der Waals surface area contributed by atoms with Crippen molar-refractivity contribution in [3.8, 4) is 0 Å². The zero-order valence-electron chi connectivity index (χ0n) is 7.65. The number of quaternary nitrogens is 1. The number of aliphatic hydroxyl groups is 1. The van der Waals surface area contributed by atoms with Crippen LogP contribution in [0.2, 0.25) is 0 Å². The lowest BCUT2D eigenvalue weighted by Gasteiger charge is -2.25. The van der Waals surface area contributed by atoms with E-state index in [0.29, 0.717) is 11.0 Å². The number of nitroso groups, excluding NO2 is 1. The maximum atomic E-state index is 10.5. The summed E-state index contributed by atoms with van der Waals surface area (Å²) >= 11 is 0. The molecule has 1 N–H and O–H groups in total. The maximum Gasteiger partial charge on any atom is 0.289 e. The fourth-order valence-electron chi connectivity index (χ4n) is 0.936. The molecule has 1 amide bonds. The second-order valence-electron chi connectivity index (χ2n) is 3.82. The van der Waals surface area contributed by atoms with Crippen molar-refractivity contribution in [2.75, 3.05) is 27.7 Å². The van der Waals surface area contributed by atoms with Crippen LogP contribution in [0.3, 0.4) is 0 Å². The van der Waals surface area contributed by atoms with Gasteiger partial charge in [-0.3, -0.25) is 4.79 Å². The molecule has 0 aromatic carbocycles. The van der Waals surface area contributed by atoms with Gasteiger partial charge in [-0.05, 0) is 0 Å². The lowest BCUT2D eigenvalue weighted by Crippen LogP contribution is -2.41. The number of aliphatic hydroxyl groups excluding tert-OH is 1. The summed E-state index contributed by atoms with van der Waals surface area (Å²) in [5.74, 6) is -0.795. The summed E-state index contributed by atoms with van der Waals surface area (Å²) in [6.07, 6.45) is -0.964. The largest absolute Gasteiger partial charge is 0.387 e. The summed E-state index contributed by atoms with van der Waals surface area (Å²) in [7, 11) is 5.67. The third kappa shape index (κ3) is 5.94. The summed E-state index contributed by atoms with van der Waals surface area (Å²) in [4.78, 5) is 20.2. The minimum absolute atomic E-state index is 0.182. The molecule has 0 aliphatic rings. The van der Waals surface area contributed by atoms with Crippen LogP contribution in [0.4, 0.5) is 0 Å². The van der Waals surface area contributed by atoms with E-state index in [9.17, 15) is 14.8 Å². The Labute approximate surface area is 71.5 Å². The Morgan fingerprint density at radius 3 is 2.33 bits per heavy atom. The van der Waals surface area contributed by atoms with Crippen molar-refractivity contribution in [1.29, 1.82) is 0 Å². The average molecular weight is 175 g/mol. The van der Waals surface area contributed by atoms with Gasteiger partial charge in [-0.2, -0.15) is 0 Å². The van der Waals surface area contributed by atoms with Crippen LogP contribution < -0.4 is 0 Å². The zero-order chi connectivity index (χ0) is 9.78. The van der Waals surface area contributed by atoms with Crippen LogP contribution in [0, 0.1) is 4.91 Å². The first-order valence-corrected chi connectivity index (χ1v) is 3.70. The molecule has 0 aromatic heterocycles. The molecule has 0 aliphatic heterocycles. The van der Waals surface area contributed by atoms with Crippen molar-refractivity contribution < 1.29 is 14.4 Å². The molecule has 0 radical (unpaired) electrons. The van der Waals surface area contributed by atoms with Crippen LogP contribution in [0.5, 0.6) is 0 Å². The molecule has 0 aliphatic carbocycles. The van der Waals surface area contributed by atoms with E-state index < -0.39 is 12.0 Å². The smallest absolute Gasteiger partial charge is 0.289 e. The fraction of sp³-hybridized carbons (Fsp3) is 0.857. The monoisotopic (exact) mass is 175 g/mol. The molecular weight excluding hydrogens is 160 g/mol. The molecule has 5 heteroatoms. The van der Waals surface area contributed by atoms with E-state index in [1.807, 2.05) is 21.1 Å². The maximum absolute atomic E-state index is 10.5. The van der Waals surface area contributed by atoms with E-state index in [1.54, 1.807) is 0 Å². The number of likely N-dealkylation sites (N-methyl/N-ethyl adjacent to an activating group) is 1. The first-order valence-electron chi connectivity index (χ1n) is 3.70. The van der Waals surface area contributed by atoms with Crippen molar-refractivity contribution >= 4 is 5.91 Å². The first-order chi connectivity index (χ1) is 5.35. The number of carbonyl (C=O) groups excluding carboxylic acids is 1. The third-order valence-corrected chi connectivity index (χ3v) is 1.27. The summed E-state index contributed by atoms with van der Waals surface area (Å²) < 4.78 is 0.549. The quantitative estimate of drug-likeness (QED) is 0.472. The average Bonchev–Trinajstić information content (AvgIpc) is 1.82. The molecule has 12 heavy (non-hydrogen) atoms. The minimum Gasteiger partial charge on any atom is -0.387 e. The topological polar surface area (TPSA) is 66.7 Å². The van der Waals surface area contributed by atoms with Gasteiger partial charge >= 0.3 is 0 Å². The molecule has 0 fully saturated rings. The van der Waals surface area contributed by atoms with Crippen molar-refractivity contribution in [3.05, 3.63) is 4.91 Å². The summed E-state index contributed by atoms with van der Waals surface area (Å²) in [5, 5.41) is 11.5. The molecule has 0 saturated carbocycles. The van der Waals surface area contributed by atoms with Gasteiger partial charge in [-0.1, -0.05) is 0 Å². The van der Waals surface area contributed by atoms with Gasteiger partial charge in [0.15, 0.2) is 0 Å². The highest BCUT2D eigenvalue weighted by molar-refractivity contribution is 5.76. The van der Waals surface area contributed by atoms with E-state index >= 15 is 0 Å². The molecular formula is C7H15N2O3+. The van der Waals surface area contributed by atoms with Gasteiger partial charge in [-0.15, -0.1) is 4.91 Å². The van der Waals surface area contributed by atoms with Crippen molar-refractivity contribution in [2.24, 2.45) is 5.18 Å². The van der Waals surface area contributed by atoms with E-state index in [-0.39, 0.29) is 6.42 Å². The van der Waals surface area contributed by atoms with Gasteiger partial charge in [0.05, 0.1) is 27.6 Å². The Morgan fingerprint density at radius 2 is 2.00 bits per heavy atom. The van der Waals surface area contributed by atoms with E-state index in [1.165, 1.54) is 0 Å². The number of rotatable bonds is 4. The highest BCUT2D eigenvalue weighted by Crippen LogP contribution is 2.00. The van der Waals surface area contributed by atoms with Crippen molar-refractivity contribution in [1.82, 2.24) is 0 Å². The number of amides is 1. The van der Waals surface area contributed by atoms with Gasteiger partial charge in [0.25, 0.3) is 5.91 Å². The van der Waals surface area contributed by atoms with Crippen molar-refractivity contribution in [2.45, 2.75) is 12.5 Å². The van der Waals surface area contributed by atoms with Gasteiger partial charge < -0.3 is 9.59 Å². The second-order valence-corrected chi connectivity index (χ2v) is 3.82. The highest BCUT2D eigenvalue weighted by atomic mass is 16.3. The molecule has 70 valence electrons.